The summed E-state index contributed by atoms with van der Waals surface area (Å²) in [7, 11) is 0. The molecule has 0 radical (unpaired) electrons. The molecule has 0 aromatic carbocycles. The minimum atomic E-state index is 0.181. The Balaban J connectivity index is 2.53. The molecule has 5 heteroatoms. The molecular weight excluding hydrogens is 234 g/mol. The summed E-state index contributed by atoms with van der Waals surface area (Å²) < 4.78 is 0.751. The van der Waals surface area contributed by atoms with Crippen LogP contribution < -0.4 is 5.32 Å². The molecule has 2 N–H and O–H groups in total. The molecule has 0 amide bonds. The van der Waals surface area contributed by atoms with E-state index < -0.39 is 0 Å². The molecule has 1 atom stereocenters. The van der Waals surface area contributed by atoms with Crippen molar-refractivity contribution in [3.8, 4) is 0 Å². The summed E-state index contributed by atoms with van der Waals surface area (Å²) in [6, 6.07) is 2.01. The zero-order valence-corrected chi connectivity index (χ0v) is 8.95. The third-order valence-electron chi connectivity index (χ3n) is 1.59. The van der Waals surface area contributed by atoms with Crippen molar-refractivity contribution < 1.29 is 5.11 Å². The van der Waals surface area contributed by atoms with E-state index in [0.29, 0.717) is 6.42 Å². The number of anilines is 1. The van der Waals surface area contributed by atoms with Crippen LogP contribution in [0.2, 0.25) is 0 Å². The van der Waals surface area contributed by atoms with E-state index in [1.165, 1.54) is 6.33 Å². The molecule has 0 aliphatic heterocycles. The van der Waals surface area contributed by atoms with E-state index in [0.717, 1.165) is 10.4 Å². The summed E-state index contributed by atoms with van der Waals surface area (Å²) in [6.45, 7) is 2.17. The first-order chi connectivity index (χ1) is 6.22. The molecule has 0 aliphatic rings. The van der Waals surface area contributed by atoms with Crippen LogP contribution in [0.15, 0.2) is 17.0 Å². The second-order valence-electron chi connectivity index (χ2n) is 2.78. The Kier molecular flexibility index (Phi) is 4.11. The van der Waals surface area contributed by atoms with Crippen molar-refractivity contribution in [2.24, 2.45) is 0 Å². The zero-order valence-electron chi connectivity index (χ0n) is 7.37. The second-order valence-corrected chi connectivity index (χ2v) is 3.60. The highest BCUT2D eigenvalue weighted by molar-refractivity contribution is 9.10. The number of rotatable bonds is 4. The van der Waals surface area contributed by atoms with Gasteiger partial charge < -0.3 is 10.4 Å². The van der Waals surface area contributed by atoms with Crippen LogP contribution in [0.3, 0.4) is 0 Å². The van der Waals surface area contributed by atoms with Crippen LogP contribution in [-0.2, 0) is 0 Å². The van der Waals surface area contributed by atoms with E-state index in [9.17, 15) is 0 Å². The average Bonchev–Trinajstić information content (AvgIpc) is 2.04. The fraction of sp³-hybridized carbons (Fsp3) is 0.500. The molecule has 13 heavy (non-hydrogen) atoms. The molecule has 0 spiro atoms. The van der Waals surface area contributed by atoms with Gasteiger partial charge in [-0.3, -0.25) is 0 Å². The first-order valence-electron chi connectivity index (χ1n) is 4.07. The SMILES string of the molecule is CC(CCO)Nc1cc(Br)ncn1. The molecule has 4 nitrogen and oxygen atoms in total. The highest BCUT2D eigenvalue weighted by atomic mass is 79.9. The normalized spacial score (nSPS) is 12.5. The van der Waals surface area contributed by atoms with Gasteiger partial charge in [-0.1, -0.05) is 0 Å². The summed E-state index contributed by atoms with van der Waals surface area (Å²) in [5, 5.41) is 11.8. The van der Waals surface area contributed by atoms with Gasteiger partial charge >= 0.3 is 0 Å². The Morgan fingerprint density at radius 1 is 1.62 bits per heavy atom. The van der Waals surface area contributed by atoms with Gasteiger partial charge in [-0.2, -0.15) is 0 Å². The Labute approximate surface area is 85.5 Å². The summed E-state index contributed by atoms with van der Waals surface area (Å²) in [5.74, 6) is 0.767. The lowest BCUT2D eigenvalue weighted by Crippen LogP contribution is -2.17. The average molecular weight is 246 g/mol. The smallest absolute Gasteiger partial charge is 0.130 e. The van der Waals surface area contributed by atoms with Gasteiger partial charge in [0.15, 0.2) is 0 Å². The number of aliphatic hydroxyl groups is 1. The molecule has 72 valence electrons. The van der Waals surface area contributed by atoms with Crippen molar-refractivity contribution in [1.29, 1.82) is 0 Å². The number of halogens is 1. The van der Waals surface area contributed by atoms with Crippen LogP contribution >= 0.6 is 15.9 Å². The maximum atomic E-state index is 8.69. The van der Waals surface area contributed by atoms with Crippen molar-refractivity contribution in [3.63, 3.8) is 0 Å². The van der Waals surface area contributed by atoms with Gasteiger partial charge in [-0.15, -0.1) is 0 Å². The van der Waals surface area contributed by atoms with Gasteiger partial charge in [-0.25, -0.2) is 9.97 Å². The highest BCUT2D eigenvalue weighted by Crippen LogP contribution is 2.10. The summed E-state index contributed by atoms with van der Waals surface area (Å²) in [5.41, 5.74) is 0. The molecule has 0 fully saturated rings. The minimum absolute atomic E-state index is 0.181. The van der Waals surface area contributed by atoms with Crippen molar-refractivity contribution in [2.75, 3.05) is 11.9 Å². The van der Waals surface area contributed by atoms with Crippen LogP contribution in [0, 0.1) is 0 Å². The monoisotopic (exact) mass is 245 g/mol. The van der Waals surface area contributed by atoms with E-state index in [4.69, 9.17) is 5.11 Å². The number of hydrogen-bond donors (Lipinski definition) is 2. The molecule has 1 aromatic heterocycles. The lowest BCUT2D eigenvalue weighted by molar-refractivity contribution is 0.282. The molecule has 0 saturated carbocycles. The third-order valence-corrected chi connectivity index (χ3v) is 2.02. The van der Waals surface area contributed by atoms with Gasteiger partial charge in [0.2, 0.25) is 0 Å². The van der Waals surface area contributed by atoms with Gasteiger partial charge in [-0.05, 0) is 29.3 Å². The molecule has 0 aliphatic carbocycles. The molecule has 0 bridgehead atoms. The van der Waals surface area contributed by atoms with E-state index in [1.807, 2.05) is 6.92 Å². The van der Waals surface area contributed by atoms with Crippen molar-refractivity contribution >= 4 is 21.7 Å². The second kappa shape index (κ2) is 5.14. The predicted octanol–water partition coefficient (Wildman–Crippen LogP) is 1.42. The van der Waals surface area contributed by atoms with Crippen molar-refractivity contribution in [2.45, 2.75) is 19.4 Å². The summed E-state index contributed by atoms with van der Waals surface area (Å²) >= 11 is 3.25. The highest BCUT2D eigenvalue weighted by Gasteiger charge is 2.01. The van der Waals surface area contributed by atoms with E-state index in [1.54, 1.807) is 6.07 Å². The third kappa shape index (κ3) is 3.69. The summed E-state index contributed by atoms with van der Waals surface area (Å²) in [6.07, 6.45) is 2.19. The van der Waals surface area contributed by atoms with Crippen LogP contribution in [0.1, 0.15) is 13.3 Å². The lowest BCUT2D eigenvalue weighted by atomic mass is 10.2. The van der Waals surface area contributed by atoms with Gasteiger partial charge in [0, 0.05) is 18.7 Å². The van der Waals surface area contributed by atoms with Gasteiger partial charge in [0.05, 0.1) is 0 Å². The van der Waals surface area contributed by atoms with Crippen LogP contribution in [0.4, 0.5) is 5.82 Å². The number of hydrogen-bond acceptors (Lipinski definition) is 4. The predicted molar refractivity (Wildman–Crippen MR) is 54.5 cm³/mol. The Morgan fingerprint density at radius 2 is 2.38 bits per heavy atom. The first-order valence-corrected chi connectivity index (χ1v) is 4.86. The van der Waals surface area contributed by atoms with Crippen LogP contribution in [0.25, 0.3) is 0 Å². The van der Waals surface area contributed by atoms with Gasteiger partial charge in [0.1, 0.15) is 16.7 Å². The molecule has 1 heterocycles. The largest absolute Gasteiger partial charge is 0.396 e. The first kappa shape index (κ1) is 10.4. The molecule has 1 rings (SSSR count). The number of nitrogens with one attached hydrogen (secondary N) is 1. The standard InChI is InChI=1S/C8H12BrN3O/c1-6(2-3-13)12-8-4-7(9)10-5-11-8/h4-6,13H,2-3H2,1H3,(H,10,11,12). The van der Waals surface area contributed by atoms with E-state index in [-0.39, 0.29) is 12.6 Å². The topological polar surface area (TPSA) is 58.0 Å². The van der Waals surface area contributed by atoms with Crippen molar-refractivity contribution in [3.05, 3.63) is 17.0 Å². The van der Waals surface area contributed by atoms with E-state index >= 15 is 0 Å². The summed E-state index contributed by atoms with van der Waals surface area (Å²) in [4.78, 5) is 7.94. The zero-order chi connectivity index (χ0) is 9.68. The minimum Gasteiger partial charge on any atom is -0.396 e. The number of aromatic nitrogens is 2. The number of aliphatic hydroxyl groups excluding tert-OH is 1. The molecule has 1 unspecified atom stereocenters. The fourth-order valence-corrected chi connectivity index (χ4v) is 1.24. The maximum Gasteiger partial charge on any atom is 0.130 e. The maximum absolute atomic E-state index is 8.69. The fourth-order valence-electron chi connectivity index (χ4n) is 0.931. The van der Waals surface area contributed by atoms with Crippen LogP contribution in [-0.4, -0.2) is 27.7 Å². The molecule has 1 aromatic rings. The molecular formula is C8H12BrN3O. The quantitative estimate of drug-likeness (QED) is 0.789. The Bertz CT molecular complexity index is 269. The van der Waals surface area contributed by atoms with Crippen molar-refractivity contribution in [1.82, 2.24) is 9.97 Å². The Hall–Kier alpha value is -0.680. The number of nitrogens with zero attached hydrogens (tertiary/aromatic N) is 2. The van der Waals surface area contributed by atoms with E-state index in [2.05, 4.69) is 31.2 Å². The lowest BCUT2D eigenvalue weighted by Gasteiger charge is -2.12. The Morgan fingerprint density at radius 3 is 3.00 bits per heavy atom. The molecule has 0 saturated heterocycles. The van der Waals surface area contributed by atoms with Crippen LogP contribution in [0.5, 0.6) is 0 Å². The van der Waals surface area contributed by atoms with Gasteiger partial charge in [0.25, 0.3) is 0 Å².